The van der Waals surface area contributed by atoms with Gasteiger partial charge in [-0.3, -0.25) is 9.10 Å². The number of benzene rings is 2. The van der Waals surface area contributed by atoms with Crippen LogP contribution < -0.4 is 14.8 Å². The molecule has 226 valence electrons. The van der Waals surface area contributed by atoms with Crippen LogP contribution in [0.3, 0.4) is 0 Å². The highest BCUT2D eigenvalue weighted by molar-refractivity contribution is 7.92. The summed E-state index contributed by atoms with van der Waals surface area (Å²) in [5.41, 5.74) is 7.79. The van der Waals surface area contributed by atoms with Gasteiger partial charge >= 0.3 is 0 Å². The van der Waals surface area contributed by atoms with E-state index in [2.05, 4.69) is 4.72 Å². The van der Waals surface area contributed by atoms with Crippen LogP contribution in [0.4, 0.5) is 5.69 Å². The molecule has 2 heterocycles. The van der Waals surface area contributed by atoms with Crippen molar-refractivity contribution in [3.05, 3.63) is 65.7 Å². The van der Waals surface area contributed by atoms with E-state index in [4.69, 9.17) is 10.5 Å². The minimum atomic E-state index is -3.59. The highest BCUT2D eigenvalue weighted by Gasteiger charge is 2.48. The topological polar surface area (TPSA) is 139 Å². The van der Waals surface area contributed by atoms with E-state index in [9.17, 15) is 21.6 Å². The maximum Gasteiger partial charge on any atom is 0.251 e. The molecule has 1 saturated heterocycles. The molecular weight excluding hydrogens is 564 g/mol. The lowest BCUT2D eigenvalue weighted by Crippen LogP contribution is -2.58. The molecule has 0 aliphatic carbocycles. The molecule has 2 aromatic rings. The number of amides is 1. The van der Waals surface area contributed by atoms with Crippen molar-refractivity contribution in [2.24, 2.45) is 5.73 Å². The van der Waals surface area contributed by atoms with Gasteiger partial charge in [0, 0.05) is 43.1 Å². The number of carbonyl (C=O) groups excluding carboxylic acids is 1. The third-order valence-corrected chi connectivity index (χ3v) is 9.99. The largest absolute Gasteiger partial charge is 0.368 e. The summed E-state index contributed by atoms with van der Waals surface area (Å²) >= 11 is 0. The molecule has 41 heavy (non-hydrogen) atoms. The van der Waals surface area contributed by atoms with Crippen molar-refractivity contribution in [2.75, 3.05) is 43.1 Å². The molecule has 12 heteroatoms. The molecule has 2 aliphatic rings. The van der Waals surface area contributed by atoms with Crippen LogP contribution in [0.15, 0.2) is 54.6 Å². The zero-order valence-corrected chi connectivity index (χ0v) is 25.9. The highest BCUT2D eigenvalue weighted by Crippen LogP contribution is 2.47. The Kier molecular flexibility index (Phi) is 9.20. The molecule has 4 rings (SSSR count). The van der Waals surface area contributed by atoms with Crippen LogP contribution in [0.5, 0.6) is 0 Å². The summed E-state index contributed by atoms with van der Waals surface area (Å²) < 4.78 is 59.6. The second kappa shape index (κ2) is 12.0. The third kappa shape index (κ3) is 7.66. The van der Waals surface area contributed by atoms with Gasteiger partial charge in [0.2, 0.25) is 20.0 Å². The van der Waals surface area contributed by atoms with Gasteiger partial charge in [0.15, 0.2) is 0 Å². The molecule has 0 bridgehead atoms. The van der Waals surface area contributed by atoms with Gasteiger partial charge in [0.25, 0.3) is 5.91 Å². The molecule has 3 N–H and O–H groups in total. The average molecular weight is 607 g/mol. The number of anilines is 1. The SMILES string of the molecule is CC(C)(N)[C@@H](CC(OCCc1ccccc1)C(=O)N1CCC2(CC1)CN(S(C)(=O)=O)c1ccccc12)NS(C)(=O)=O. The van der Waals surface area contributed by atoms with E-state index in [1.54, 1.807) is 18.7 Å². The Bertz CT molecular complexity index is 1430. The van der Waals surface area contributed by atoms with E-state index in [0.717, 1.165) is 17.4 Å². The molecule has 2 aliphatic heterocycles. The Morgan fingerprint density at radius 1 is 1.02 bits per heavy atom. The fourth-order valence-electron chi connectivity index (χ4n) is 5.85. The third-order valence-electron chi connectivity index (χ3n) is 8.16. The van der Waals surface area contributed by atoms with Gasteiger partial charge in [-0.05, 0) is 50.3 Å². The molecule has 1 unspecified atom stereocenters. The molecule has 10 nitrogen and oxygen atoms in total. The minimum Gasteiger partial charge on any atom is -0.368 e. The minimum absolute atomic E-state index is 0.0799. The molecule has 0 saturated carbocycles. The number of hydrogen-bond acceptors (Lipinski definition) is 7. The molecular formula is C29H42N4O6S2. The number of fused-ring (bicyclic) bond motifs is 2. The number of nitrogens with one attached hydrogen (secondary N) is 1. The van der Waals surface area contributed by atoms with Gasteiger partial charge in [-0.25, -0.2) is 21.6 Å². The number of rotatable bonds is 11. The van der Waals surface area contributed by atoms with Gasteiger partial charge in [-0.2, -0.15) is 0 Å². The van der Waals surface area contributed by atoms with Crippen LogP contribution in [-0.2, 0) is 41.4 Å². The number of sulfonamides is 2. The molecule has 1 amide bonds. The van der Waals surface area contributed by atoms with E-state index >= 15 is 0 Å². The summed E-state index contributed by atoms with van der Waals surface area (Å²) in [6, 6.07) is 16.6. The molecule has 0 aromatic heterocycles. The van der Waals surface area contributed by atoms with Crippen LogP contribution in [0.1, 0.15) is 44.2 Å². The van der Waals surface area contributed by atoms with Crippen molar-refractivity contribution in [3.63, 3.8) is 0 Å². The van der Waals surface area contributed by atoms with Crippen LogP contribution in [-0.4, -0.2) is 84.1 Å². The van der Waals surface area contributed by atoms with Crippen molar-refractivity contribution < 1.29 is 26.4 Å². The van der Waals surface area contributed by atoms with E-state index in [-0.39, 0.29) is 24.3 Å². The van der Waals surface area contributed by atoms with E-state index < -0.39 is 37.7 Å². The van der Waals surface area contributed by atoms with Crippen LogP contribution >= 0.6 is 0 Å². The number of nitrogens with two attached hydrogens (primary N) is 1. The summed E-state index contributed by atoms with van der Waals surface area (Å²) in [4.78, 5) is 15.7. The normalized spacial score (nSPS) is 18.8. The number of nitrogens with zero attached hydrogens (tertiary/aromatic N) is 2. The standard InChI is InChI=1S/C29H42N4O6S2/c1-28(2,30)26(31-40(3,35)36)20-25(39-19-14-22-10-6-5-7-11-22)27(34)32-17-15-29(16-18-32)21-33(41(4,37)38)24-13-9-8-12-23(24)29/h5-13,25-26,31H,14-21,30H2,1-4H3/t25?,26-/m1/s1. The highest BCUT2D eigenvalue weighted by atomic mass is 32.2. The fourth-order valence-corrected chi connectivity index (χ4v) is 7.76. The number of hydrogen-bond donors (Lipinski definition) is 2. The van der Waals surface area contributed by atoms with Crippen molar-refractivity contribution in [3.8, 4) is 0 Å². The summed E-state index contributed by atoms with van der Waals surface area (Å²) in [7, 11) is -7.04. The molecule has 1 fully saturated rings. The van der Waals surface area contributed by atoms with Crippen molar-refractivity contribution in [1.29, 1.82) is 0 Å². The number of likely N-dealkylation sites (tertiary alicyclic amines) is 1. The van der Waals surface area contributed by atoms with Gasteiger partial charge in [0.05, 0.1) is 24.8 Å². The smallest absolute Gasteiger partial charge is 0.251 e. The first kappa shape index (κ1) is 31.4. The van der Waals surface area contributed by atoms with E-state index in [1.807, 2.05) is 54.6 Å². The number of ether oxygens (including phenoxy) is 1. The second-order valence-electron chi connectivity index (χ2n) is 12.0. The molecule has 0 radical (unpaired) electrons. The lowest BCUT2D eigenvalue weighted by atomic mass is 9.74. The maximum atomic E-state index is 13.9. The van der Waals surface area contributed by atoms with Crippen LogP contribution in [0.2, 0.25) is 0 Å². The zero-order valence-electron chi connectivity index (χ0n) is 24.2. The summed E-state index contributed by atoms with van der Waals surface area (Å²) in [6.07, 6.45) is 3.27. The lowest BCUT2D eigenvalue weighted by Gasteiger charge is -2.41. The Hall–Kier alpha value is -2.51. The quantitative estimate of drug-likeness (QED) is 0.399. The summed E-state index contributed by atoms with van der Waals surface area (Å²) in [5, 5.41) is 0. The monoisotopic (exact) mass is 606 g/mol. The molecule has 2 atom stereocenters. The first-order valence-electron chi connectivity index (χ1n) is 13.9. The Morgan fingerprint density at radius 2 is 1.63 bits per heavy atom. The van der Waals surface area contributed by atoms with E-state index in [0.29, 0.717) is 44.6 Å². The molecule has 1 spiro atoms. The van der Waals surface area contributed by atoms with Crippen molar-refractivity contribution in [1.82, 2.24) is 9.62 Å². The van der Waals surface area contributed by atoms with Gasteiger partial charge in [-0.1, -0.05) is 48.5 Å². The maximum absolute atomic E-state index is 13.9. The Balaban J connectivity index is 1.52. The summed E-state index contributed by atoms with van der Waals surface area (Å²) in [6.45, 7) is 4.94. The lowest BCUT2D eigenvalue weighted by molar-refractivity contribution is -0.146. The first-order chi connectivity index (χ1) is 19.1. The fraction of sp³-hybridized carbons (Fsp3) is 0.552. The predicted octanol–water partition coefficient (Wildman–Crippen LogP) is 2.00. The van der Waals surface area contributed by atoms with Gasteiger partial charge in [-0.15, -0.1) is 0 Å². The van der Waals surface area contributed by atoms with Crippen LogP contribution in [0, 0.1) is 0 Å². The second-order valence-corrected chi connectivity index (χ2v) is 15.7. The average Bonchev–Trinajstić information content (AvgIpc) is 3.21. The Labute approximate surface area is 244 Å². The zero-order chi connectivity index (χ0) is 30.1. The number of piperidine rings is 1. The van der Waals surface area contributed by atoms with Gasteiger partial charge in [0.1, 0.15) is 6.10 Å². The molecule has 2 aromatic carbocycles. The van der Waals surface area contributed by atoms with E-state index in [1.165, 1.54) is 10.6 Å². The Morgan fingerprint density at radius 3 is 2.22 bits per heavy atom. The van der Waals surface area contributed by atoms with Crippen LogP contribution in [0.25, 0.3) is 0 Å². The van der Waals surface area contributed by atoms with Crippen molar-refractivity contribution in [2.45, 2.75) is 62.6 Å². The van der Waals surface area contributed by atoms with Crippen molar-refractivity contribution >= 4 is 31.6 Å². The van der Waals surface area contributed by atoms with Gasteiger partial charge < -0.3 is 15.4 Å². The first-order valence-corrected chi connectivity index (χ1v) is 17.6. The number of carbonyl (C=O) groups is 1. The summed E-state index contributed by atoms with van der Waals surface area (Å²) in [5.74, 6) is -0.219. The predicted molar refractivity (Wildman–Crippen MR) is 161 cm³/mol. The number of para-hydroxylation sites is 1.